The summed E-state index contributed by atoms with van der Waals surface area (Å²) in [6, 6.07) is 0. The van der Waals surface area contributed by atoms with Crippen molar-refractivity contribution in [2.24, 2.45) is 0 Å². The molecule has 0 aromatic heterocycles. The van der Waals surface area contributed by atoms with E-state index in [9.17, 15) is 4.79 Å². The molecule has 0 saturated heterocycles. The van der Waals surface area contributed by atoms with E-state index >= 15 is 0 Å². The summed E-state index contributed by atoms with van der Waals surface area (Å²) in [5.41, 5.74) is 0. The number of carboxylic acid groups (broad SMARTS) is 1. The van der Waals surface area contributed by atoms with Crippen molar-refractivity contribution in [1.82, 2.24) is 0 Å². The van der Waals surface area contributed by atoms with Crippen LogP contribution in [0, 0.1) is 0 Å². The molecule has 0 heterocycles. The van der Waals surface area contributed by atoms with Gasteiger partial charge in [0.25, 0.3) is 0 Å². The van der Waals surface area contributed by atoms with Crippen LogP contribution >= 0.6 is 12.4 Å². The Balaban J connectivity index is 0. The van der Waals surface area contributed by atoms with E-state index in [0.717, 1.165) is 6.08 Å². The van der Waals surface area contributed by atoms with Crippen LogP contribution in [0.15, 0.2) is 12.7 Å². The number of hydrogen-bond donors (Lipinski definition) is 1. The molecule has 0 unspecified atom stereocenters. The van der Waals surface area contributed by atoms with Crippen LogP contribution < -0.4 is 0 Å². The number of carboxylic acids is 1. The lowest BCUT2D eigenvalue weighted by atomic mass is 10.0. The summed E-state index contributed by atoms with van der Waals surface area (Å²) < 4.78 is 0. The SMILES string of the molecule is C1CCCCC1.C=CC(=O)O.Cl. The van der Waals surface area contributed by atoms with Gasteiger partial charge in [-0.1, -0.05) is 45.1 Å². The molecule has 0 aliphatic heterocycles. The molecule has 1 rings (SSSR count). The summed E-state index contributed by atoms with van der Waals surface area (Å²) in [5.74, 6) is -0.981. The maximum atomic E-state index is 9.25. The molecule has 0 aromatic rings. The molecule has 1 fully saturated rings. The molecule has 0 bridgehead atoms. The van der Waals surface area contributed by atoms with Crippen LogP contribution in [0.1, 0.15) is 38.5 Å². The van der Waals surface area contributed by atoms with E-state index in [1.165, 1.54) is 38.5 Å². The van der Waals surface area contributed by atoms with Crippen LogP contribution in [0.25, 0.3) is 0 Å². The summed E-state index contributed by atoms with van der Waals surface area (Å²) in [6.45, 7) is 2.96. The Kier molecular flexibility index (Phi) is 12.3. The fourth-order valence-electron chi connectivity index (χ4n) is 1.06. The first-order chi connectivity index (χ1) is 5.27. The van der Waals surface area contributed by atoms with Crippen molar-refractivity contribution < 1.29 is 9.90 Å². The minimum absolute atomic E-state index is 0. The van der Waals surface area contributed by atoms with Crippen molar-refractivity contribution in [2.45, 2.75) is 38.5 Å². The Morgan fingerprint density at radius 3 is 1.33 bits per heavy atom. The highest BCUT2D eigenvalue weighted by Gasteiger charge is 1.95. The van der Waals surface area contributed by atoms with E-state index in [0.29, 0.717) is 0 Å². The number of carbonyl (C=O) groups is 1. The summed E-state index contributed by atoms with van der Waals surface area (Å²) >= 11 is 0. The highest BCUT2D eigenvalue weighted by molar-refractivity contribution is 5.85. The molecule has 72 valence electrons. The van der Waals surface area contributed by atoms with Gasteiger partial charge < -0.3 is 5.11 Å². The Bertz CT molecular complexity index is 108. The zero-order valence-electron chi connectivity index (χ0n) is 7.29. The van der Waals surface area contributed by atoms with Gasteiger partial charge in [-0.3, -0.25) is 0 Å². The van der Waals surface area contributed by atoms with Crippen molar-refractivity contribution in [1.29, 1.82) is 0 Å². The van der Waals surface area contributed by atoms with Gasteiger partial charge in [-0.2, -0.15) is 0 Å². The average molecular weight is 193 g/mol. The summed E-state index contributed by atoms with van der Waals surface area (Å²) in [6.07, 6.45) is 9.83. The van der Waals surface area contributed by atoms with Gasteiger partial charge in [0.15, 0.2) is 0 Å². The Labute approximate surface area is 80.1 Å². The largest absolute Gasteiger partial charge is 0.478 e. The Morgan fingerprint density at radius 1 is 1.08 bits per heavy atom. The van der Waals surface area contributed by atoms with Crippen molar-refractivity contribution in [3.05, 3.63) is 12.7 Å². The first kappa shape index (κ1) is 14.0. The molecular formula is C9H17ClO2. The first-order valence-electron chi connectivity index (χ1n) is 4.12. The quantitative estimate of drug-likeness (QED) is 0.649. The second-order valence-corrected chi connectivity index (χ2v) is 2.66. The van der Waals surface area contributed by atoms with Gasteiger partial charge in [0.05, 0.1) is 0 Å². The fourth-order valence-corrected chi connectivity index (χ4v) is 1.06. The van der Waals surface area contributed by atoms with E-state index in [2.05, 4.69) is 6.58 Å². The monoisotopic (exact) mass is 192 g/mol. The predicted octanol–water partition coefficient (Wildman–Crippen LogP) is 3.02. The summed E-state index contributed by atoms with van der Waals surface area (Å²) in [5, 5.41) is 7.60. The zero-order chi connectivity index (χ0) is 8.53. The lowest BCUT2D eigenvalue weighted by Gasteiger charge is -2.05. The fraction of sp³-hybridized carbons (Fsp3) is 0.667. The van der Waals surface area contributed by atoms with Crippen molar-refractivity contribution in [3.63, 3.8) is 0 Å². The molecule has 0 amide bonds. The van der Waals surface area contributed by atoms with Gasteiger partial charge in [0.1, 0.15) is 0 Å². The highest BCUT2D eigenvalue weighted by Crippen LogP contribution is 2.15. The van der Waals surface area contributed by atoms with Crippen LogP contribution in [0.4, 0.5) is 0 Å². The summed E-state index contributed by atoms with van der Waals surface area (Å²) in [4.78, 5) is 9.25. The molecule has 1 saturated carbocycles. The smallest absolute Gasteiger partial charge is 0.327 e. The molecule has 12 heavy (non-hydrogen) atoms. The lowest BCUT2D eigenvalue weighted by Crippen LogP contribution is -1.85. The molecule has 0 radical (unpaired) electrons. The second kappa shape index (κ2) is 10.5. The average Bonchev–Trinajstić information content (AvgIpc) is 2.09. The van der Waals surface area contributed by atoms with E-state index in [4.69, 9.17) is 5.11 Å². The molecule has 0 atom stereocenters. The minimum Gasteiger partial charge on any atom is -0.478 e. The highest BCUT2D eigenvalue weighted by atomic mass is 35.5. The van der Waals surface area contributed by atoms with Crippen LogP contribution in [0.5, 0.6) is 0 Å². The minimum atomic E-state index is -0.981. The lowest BCUT2D eigenvalue weighted by molar-refractivity contribution is -0.131. The zero-order valence-corrected chi connectivity index (χ0v) is 8.11. The second-order valence-electron chi connectivity index (χ2n) is 2.66. The molecule has 0 spiro atoms. The van der Waals surface area contributed by atoms with E-state index in [1.54, 1.807) is 0 Å². The van der Waals surface area contributed by atoms with Crippen molar-refractivity contribution in [3.8, 4) is 0 Å². The summed E-state index contributed by atoms with van der Waals surface area (Å²) in [7, 11) is 0. The molecule has 1 aliphatic carbocycles. The number of aliphatic carboxylic acids is 1. The number of rotatable bonds is 1. The molecule has 1 aliphatic rings. The van der Waals surface area contributed by atoms with Crippen molar-refractivity contribution in [2.75, 3.05) is 0 Å². The van der Waals surface area contributed by atoms with Gasteiger partial charge in [-0.15, -0.1) is 12.4 Å². The van der Waals surface area contributed by atoms with E-state index < -0.39 is 5.97 Å². The third-order valence-electron chi connectivity index (χ3n) is 1.67. The number of halogens is 1. The topological polar surface area (TPSA) is 37.3 Å². The van der Waals surface area contributed by atoms with Crippen LogP contribution in [-0.4, -0.2) is 11.1 Å². The Hall–Kier alpha value is -0.500. The van der Waals surface area contributed by atoms with Gasteiger partial charge in [0.2, 0.25) is 0 Å². The molecule has 3 heteroatoms. The Morgan fingerprint density at radius 2 is 1.25 bits per heavy atom. The maximum absolute atomic E-state index is 9.25. The normalized spacial score (nSPS) is 14.7. The molecule has 2 nitrogen and oxygen atoms in total. The standard InChI is InChI=1S/C6H12.C3H4O2.ClH/c1-2-4-6-5-3-1;1-2-3(4)5;/h1-6H2;2H,1H2,(H,4,5);1H. The number of hydrogen-bond acceptors (Lipinski definition) is 1. The van der Waals surface area contributed by atoms with Gasteiger partial charge in [0, 0.05) is 6.08 Å². The van der Waals surface area contributed by atoms with Crippen LogP contribution in [0.2, 0.25) is 0 Å². The van der Waals surface area contributed by atoms with Crippen LogP contribution in [-0.2, 0) is 4.79 Å². The van der Waals surface area contributed by atoms with Gasteiger partial charge in [-0.05, 0) is 0 Å². The van der Waals surface area contributed by atoms with E-state index in [1.807, 2.05) is 0 Å². The van der Waals surface area contributed by atoms with Gasteiger partial charge in [-0.25, -0.2) is 4.79 Å². The first-order valence-corrected chi connectivity index (χ1v) is 4.12. The van der Waals surface area contributed by atoms with Crippen molar-refractivity contribution >= 4 is 18.4 Å². The third-order valence-corrected chi connectivity index (χ3v) is 1.67. The molecule has 1 N–H and O–H groups in total. The van der Waals surface area contributed by atoms with Crippen LogP contribution in [0.3, 0.4) is 0 Å². The maximum Gasteiger partial charge on any atom is 0.327 e. The molecule has 0 aromatic carbocycles. The van der Waals surface area contributed by atoms with E-state index in [-0.39, 0.29) is 12.4 Å². The predicted molar refractivity (Wildman–Crippen MR) is 52.8 cm³/mol. The third kappa shape index (κ3) is 12.2. The van der Waals surface area contributed by atoms with Gasteiger partial charge >= 0.3 is 5.97 Å². The molecular weight excluding hydrogens is 176 g/mol.